The van der Waals surface area contributed by atoms with Gasteiger partial charge in [-0.25, -0.2) is 0 Å². The molecule has 0 aliphatic heterocycles. The normalized spacial score (nSPS) is 12.6. The summed E-state index contributed by atoms with van der Waals surface area (Å²) in [6, 6.07) is 12.5. The number of ether oxygens (including phenoxy) is 1. The molecular formula is C16H22N2O. The van der Waals surface area contributed by atoms with Crippen molar-refractivity contribution in [1.29, 1.82) is 0 Å². The molecule has 0 fully saturated rings. The van der Waals surface area contributed by atoms with Gasteiger partial charge in [-0.15, -0.1) is 0 Å². The number of rotatable bonds is 6. The van der Waals surface area contributed by atoms with Gasteiger partial charge >= 0.3 is 0 Å². The molecule has 1 aromatic carbocycles. The van der Waals surface area contributed by atoms with E-state index in [1.165, 1.54) is 11.3 Å². The van der Waals surface area contributed by atoms with Gasteiger partial charge in [-0.1, -0.05) is 18.2 Å². The van der Waals surface area contributed by atoms with Crippen LogP contribution in [0.2, 0.25) is 0 Å². The Bertz CT molecular complexity index is 491. The molecule has 19 heavy (non-hydrogen) atoms. The molecule has 1 aromatic heterocycles. The van der Waals surface area contributed by atoms with Crippen LogP contribution in [0.4, 0.5) is 0 Å². The van der Waals surface area contributed by atoms with Crippen LogP contribution in [0.15, 0.2) is 42.6 Å². The first kappa shape index (κ1) is 13.7. The maximum absolute atomic E-state index is 5.86. The lowest BCUT2D eigenvalue weighted by Crippen LogP contribution is -2.19. The lowest BCUT2D eigenvalue weighted by atomic mass is 10.1. The van der Waals surface area contributed by atoms with Gasteiger partial charge in [0.05, 0.1) is 6.10 Å². The molecule has 1 atom stereocenters. The molecule has 3 heteroatoms. The number of hydrogen-bond acceptors (Lipinski definition) is 2. The fourth-order valence-electron chi connectivity index (χ4n) is 2.05. The van der Waals surface area contributed by atoms with E-state index in [-0.39, 0.29) is 12.1 Å². The van der Waals surface area contributed by atoms with E-state index in [1.54, 1.807) is 0 Å². The van der Waals surface area contributed by atoms with Crippen molar-refractivity contribution < 1.29 is 4.74 Å². The van der Waals surface area contributed by atoms with Gasteiger partial charge in [0.25, 0.3) is 0 Å². The minimum atomic E-state index is 0.191. The lowest BCUT2D eigenvalue weighted by molar-refractivity contribution is 0.238. The molecule has 1 unspecified atom stereocenters. The van der Waals surface area contributed by atoms with Crippen LogP contribution >= 0.6 is 0 Å². The van der Waals surface area contributed by atoms with Crippen molar-refractivity contribution in [2.75, 3.05) is 0 Å². The highest BCUT2D eigenvalue weighted by Crippen LogP contribution is 2.25. The second kappa shape index (κ2) is 6.43. The molecule has 102 valence electrons. The zero-order valence-electron chi connectivity index (χ0n) is 11.8. The highest BCUT2D eigenvalue weighted by molar-refractivity contribution is 5.35. The summed E-state index contributed by atoms with van der Waals surface area (Å²) < 4.78 is 5.86. The third-order valence-electron chi connectivity index (χ3n) is 3.01. The van der Waals surface area contributed by atoms with Crippen molar-refractivity contribution in [2.45, 2.75) is 39.5 Å². The Morgan fingerprint density at radius 1 is 1.11 bits per heavy atom. The SMILES string of the molecule is CC(C)Oc1ccccc1C(C)NCc1ccc[nH]1. The summed E-state index contributed by atoms with van der Waals surface area (Å²) in [6.07, 6.45) is 2.13. The Labute approximate surface area is 115 Å². The Hall–Kier alpha value is -1.74. The maximum Gasteiger partial charge on any atom is 0.124 e. The van der Waals surface area contributed by atoms with Crippen molar-refractivity contribution in [3.05, 3.63) is 53.9 Å². The predicted octanol–water partition coefficient (Wildman–Crippen LogP) is 3.65. The average molecular weight is 258 g/mol. The van der Waals surface area contributed by atoms with Crippen LogP contribution in [-0.4, -0.2) is 11.1 Å². The van der Waals surface area contributed by atoms with Gasteiger partial charge in [-0.3, -0.25) is 0 Å². The lowest BCUT2D eigenvalue weighted by Gasteiger charge is -2.19. The minimum absolute atomic E-state index is 0.191. The van der Waals surface area contributed by atoms with Crippen molar-refractivity contribution in [3.8, 4) is 5.75 Å². The number of aromatic nitrogens is 1. The molecule has 0 amide bonds. The number of aromatic amines is 1. The Morgan fingerprint density at radius 2 is 1.89 bits per heavy atom. The molecule has 0 radical (unpaired) electrons. The van der Waals surface area contributed by atoms with Crippen molar-refractivity contribution in [3.63, 3.8) is 0 Å². The molecule has 2 N–H and O–H groups in total. The van der Waals surface area contributed by atoms with Crippen LogP contribution in [0.1, 0.15) is 38.1 Å². The zero-order valence-corrected chi connectivity index (χ0v) is 11.8. The second-order valence-electron chi connectivity index (χ2n) is 5.00. The summed E-state index contributed by atoms with van der Waals surface area (Å²) in [4.78, 5) is 3.20. The summed E-state index contributed by atoms with van der Waals surface area (Å²) in [5, 5.41) is 3.50. The molecule has 3 nitrogen and oxygen atoms in total. The Morgan fingerprint density at radius 3 is 2.58 bits per heavy atom. The van der Waals surface area contributed by atoms with Gasteiger partial charge in [0.15, 0.2) is 0 Å². The third kappa shape index (κ3) is 3.86. The smallest absolute Gasteiger partial charge is 0.124 e. The molecule has 0 aliphatic carbocycles. The van der Waals surface area contributed by atoms with Crippen LogP contribution in [0.5, 0.6) is 5.75 Å². The zero-order chi connectivity index (χ0) is 13.7. The molecule has 2 aromatic rings. The number of hydrogen-bond donors (Lipinski definition) is 2. The van der Waals surface area contributed by atoms with E-state index in [4.69, 9.17) is 4.74 Å². The highest BCUT2D eigenvalue weighted by atomic mass is 16.5. The molecule has 0 saturated heterocycles. The van der Waals surface area contributed by atoms with Crippen LogP contribution in [0.3, 0.4) is 0 Å². The molecule has 1 heterocycles. The largest absolute Gasteiger partial charge is 0.491 e. The van der Waals surface area contributed by atoms with Gasteiger partial charge in [0, 0.05) is 30.0 Å². The van der Waals surface area contributed by atoms with E-state index < -0.39 is 0 Å². The summed E-state index contributed by atoms with van der Waals surface area (Å²) in [5.74, 6) is 0.962. The standard InChI is InChI=1S/C16H22N2O/c1-12(2)19-16-9-5-4-8-15(16)13(3)18-11-14-7-6-10-17-14/h4-10,12-13,17-18H,11H2,1-3H3. The molecular weight excluding hydrogens is 236 g/mol. The van der Waals surface area contributed by atoms with E-state index in [0.29, 0.717) is 0 Å². The van der Waals surface area contributed by atoms with Gasteiger partial charge in [-0.2, -0.15) is 0 Å². The third-order valence-corrected chi connectivity index (χ3v) is 3.01. The first-order valence-electron chi connectivity index (χ1n) is 6.78. The highest BCUT2D eigenvalue weighted by Gasteiger charge is 2.11. The summed E-state index contributed by atoms with van der Waals surface area (Å²) in [5.41, 5.74) is 2.39. The molecule has 0 bridgehead atoms. The van der Waals surface area contributed by atoms with E-state index >= 15 is 0 Å². The van der Waals surface area contributed by atoms with E-state index in [2.05, 4.69) is 35.4 Å². The Balaban J connectivity index is 2.03. The average Bonchev–Trinajstić information content (AvgIpc) is 2.89. The van der Waals surface area contributed by atoms with Crippen LogP contribution in [-0.2, 0) is 6.54 Å². The number of benzene rings is 1. The minimum Gasteiger partial charge on any atom is -0.491 e. The van der Waals surface area contributed by atoms with Crippen LogP contribution in [0.25, 0.3) is 0 Å². The number of H-pyrrole nitrogens is 1. The fourth-order valence-corrected chi connectivity index (χ4v) is 2.05. The van der Waals surface area contributed by atoms with Crippen molar-refractivity contribution in [1.82, 2.24) is 10.3 Å². The van der Waals surface area contributed by atoms with Gasteiger partial charge in [0.2, 0.25) is 0 Å². The Kier molecular flexibility index (Phi) is 4.63. The molecule has 2 rings (SSSR count). The van der Waals surface area contributed by atoms with Crippen molar-refractivity contribution in [2.24, 2.45) is 0 Å². The van der Waals surface area contributed by atoms with Gasteiger partial charge < -0.3 is 15.0 Å². The number of nitrogens with one attached hydrogen (secondary N) is 2. The topological polar surface area (TPSA) is 37.0 Å². The molecule has 0 saturated carbocycles. The molecule has 0 aliphatic rings. The maximum atomic E-state index is 5.86. The number of para-hydroxylation sites is 1. The summed E-state index contributed by atoms with van der Waals surface area (Å²) >= 11 is 0. The van der Waals surface area contributed by atoms with Crippen molar-refractivity contribution >= 4 is 0 Å². The van der Waals surface area contributed by atoms with E-state index in [0.717, 1.165) is 12.3 Å². The monoisotopic (exact) mass is 258 g/mol. The second-order valence-corrected chi connectivity index (χ2v) is 5.00. The van der Waals surface area contributed by atoms with E-state index in [1.807, 2.05) is 38.2 Å². The van der Waals surface area contributed by atoms with Crippen LogP contribution < -0.4 is 10.1 Å². The fraction of sp³-hybridized carbons (Fsp3) is 0.375. The first-order chi connectivity index (χ1) is 9.16. The van der Waals surface area contributed by atoms with E-state index in [9.17, 15) is 0 Å². The summed E-state index contributed by atoms with van der Waals surface area (Å²) in [6.45, 7) is 7.08. The molecule has 0 spiro atoms. The summed E-state index contributed by atoms with van der Waals surface area (Å²) in [7, 11) is 0. The van der Waals surface area contributed by atoms with Crippen LogP contribution in [0, 0.1) is 0 Å². The quantitative estimate of drug-likeness (QED) is 0.829. The predicted molar refractivity (Wildman–Crippen MR) is 78.3 cm³/mol. The van der Waals surface area contributed by atoms with Gasteiger partial charge in [0.1, 0.15) is 5.75 Å². The first-order valence-corrected chi connectivity index (χ1v) is 6.78. The van der Waals surface area contributed by atoms with Gasteiger partial charge in [-0.05, 0) is 39.0 Å².